The van der Waals surface area contributed by atoms with Crippen LogP contribution in [0.15, 0.2) is 36.5 Å². The Labute approximate surface area is 125 Å². The van der Waals surface area contributed by atoms with E-state index in [2.05, 4.69) is 15.0 Å². The summed E-state index contributed by atoms with van der Waals surface area (Å²) in [5, 5.41) is 2.80. The Bertz CT molecular complexity index is 704. The van der Waals surface area contributed by atoms with Crippen LogP contribution in [0.4, 0.5) is 11.4 Å². The predicted octanol–water partition coefficient (Wildman–Crippen LogP) is 2.36. The van der Waals surface area contributed by atoms with E-state index < -0.39 is 11.9 Å². The minimum absolute atomic E-state index is 0.165. The van der Waals surface area contributed by atoms with Crippen molar-refractivity contribution in [1.82, 2.24) is 4.98 Å². The van der Waals surface area contributed by atoms with Gasteiger partial charge in [0, 0.05) is 5.69 Å². The molecule has 0 fully saturated rings. The molecule has 0 spiro atoms. The van der Waals surface area contributed by atoms with E-state index >= 15 is 0 Å². The number of aromatic nitrogens is 1. The second-order valence-corrected chi connectivity index (χ2v) is 4.51. The summed E-state index contributed by atoms with van der Waals surface area (Å²) in [4.78, 5) is 27.4. The van der Waals surface area contributed by atoms with Crippen molar-refractivity contribution in [2.75, 3.05) is 18.2 Å². The van der Waals surface area contributed by atoms with E-state index in [1.54, 1.807) is 18.2 Å². The van der Waals surface area contributed by atoms with Crippen molar-refractivity contribution >= 4 is 34.9 Å². The van der Waals surface area contributed by atoms with Gasteiger partial charge in [0.25, 0.3) is 5.91 Å². The van der Waals surface area contributed by atoms with Crippen molar-refractivity contribution in [2.24, 2.45) is 0 Å². The van der Waals surface area contributed by atoms with Crippen molar-refractivity contribution in [1.29, 1.82) is 0 Å². The fourth-order valence-electron chi connectivity index (χ4n) is 1.68. The van der Waals surface area contributed by atoms with Gasteiger partial charge in [0.15, 0.2) is 0 Å². The van der Waals surface area contributed by atoms with Crippen LogP contribution in [0.5, 0.6) is 0 Å². The Kier molecular flexibility index (Phi) is 4.39. The Hall–Kier alpha value is -2.60. The van der Waals surface area contributed by atoms with Crippen molar-refractivity contribution in [3.63, 3.8) is 0 Å². The molecule has 6 nitrogen and oxygen atoms in total. The predicted molar refractivity (Wildman–Crippen MR) is 79.4 cm³/mol. The summed E-state index contributed by atoms with van der Waals surface area (Å²) in [7, 11) is 1.28. The van der Waals surface area contributed by atoms with Gasteiger partial charge in [-0.15, -0.1) is 0 Å². The average Bonchev–Trinajstić information content (AvgIpc) is 2.49. The summed E-state index contributed by atoms with van der Waals surface area (Å²) < 4.78 is 4.62. The first-order chi connectivity index (χ1) is 10.0. The number of carbonyl (C=O) groups excluding carboxylic acids is 2. The molecule has 1 amide bonds. The molecule has 21 heavy (non-hydrogen) atoms. The zero-order valence-corrected chi connectivity index (χ0v) is 11.8. The fourth-order valence-corrected chi connectivity index (χ4v) is 1.84. The molecule has 0 aliphatic rings. The van der Waals surface area contributed by atoms with Gasteiger partial charge in [0.1, 0.15) is 5.15 Å². The number of rotatable bonds is 3. The molecular formula is C14H12ClN3O3. The van der Waals surface area contributed by atoms with Crippen LogP contribution in [-0.2, 0) is 4.74 Å². The highest BCUT2D eigenvalue weighted by Gasteiger charge is 2.12. The standard InChI is InChI=1S/C14H12ClN3O3/c1-21-14(20)8-3-2-4-9(5-8)18-13(19)10-6-12(15)17-7-11(10)16/h2-7H,16H2,1H3,(H,18,19). The summed E-state index contributed by atoms with van der Waals surface area (Å²) in [5.41, 5.74) is 6.87. The first-order valence-corrected chi connectivity index (χ1v) is 6.30. The summed E-state index contributed by atoms with van der Waals surface area (Å²) in [5.74, 6) is -0.934. The third kappa shape index (κ3) is 3.49. The highest BCUT2D eigenvalue weighted by Crippen LogP contribution is 2.18. The van der Waals surface area contributed by atoms with Crippen molar-refractivity contribution in [3.05, 3.63) is 52.8 Å². The molecule has 1 heterocycles. The Morgan fingerprint density at radius 3 is 2.81 bits per heavy atom. The normalized spacial score (nSPS) is 10.0. The molecule has 1 aromatic heterocycles. The number of nitrogens with two attached hydrogens (primary N) is 1. The van der Waals surface area contributed by atoms with Crippen LogP contribution in [0.1, 0.15) is 20.7 Å². The van der Waals surface area contributed by atoms with E-state index in [-0.39, 0.29) is 16.4 Å². The van der Waals surface area contributed by atoms with Gasteiger partial charge in [-0.1, -0.05) is 17.7 Å². The van der Waals surface area contributed by atoms with E-state index in [0.717, 1.165) is 0 Å². The maximum absolute atomic E-state index is 12.1. The number of halogens is 1. The maximum Gasteiger partial charge on any atom is 0.337 e. The molecule has 108 valence electrons. The number of hydrogen-bond acceptors (Lipinski definition) is 5. The lowest BCUT2D eigenvalue weighted by Crippen LogP contribution is -2.15. The van der Waals surface area contributed by atoms with Gasteiger partial charge in [-0.3, -0.25) is 4.79 Å². The third-order valence-corrected chi connectivity index (χ3v) is 2.89. The third-order valence-electron chi connectivity index (χ3n) is 2.69. The van der Waals surface area contributed by atoms with Gasteiger partial charge < -0.3 is 15.8 Å². The van der Waals surface area contributed by atoms with Crippen molar-refractivity contribution in [2.45, 2.75) is 0 Å². The van der Waals surface area contributed by atoms with E-state index in [1.807, 2.05) is 0 Å². The van der Waals surface area contributed by atoms with Gasteiger partial charge in [-0.25, -0.2) is 9.78 Å². The number of benzene rings is 1. The minimum Gasteiger partial charge on any atom is -0.465 e. The molecule has 0 saturated carbocycles. The lowest BCUT2D eigenvalue weighted by molar-refractivity contribution is 0.0600. The van der Waals surface area contributed by atoms with E-state index in [1.165, 1.54) is 25.4 Å². The van der Waals surface area contributed by atoms with Crippen LogP contribution < -0.4 is 11.1 Å². The largest absolute Gasteiger partial charge is 0.465 e. The molecular weight excluding hydrogens is 294 g/mol. The van der Waals surface area contributed by atoms with Crippen molar-refractivity contribution < 1.29 is 14.3 Å². The number of nitrogens with one attached hydrogen (secondary N) is 1. The maximum atomic E-state index is 12.1. The number of nitrogen functional groups attached to an aromatic ring is 1. The number of methoxy groups -OCH3 is 1. The number of carbonyl (C=O) groups is 2. The molecule has 0 bridgehead atoms. The molecule has 0 atom stereocenters. The van der Waals surface area contributed by atoms with Gasteiger partial charge in [0.2, 0.25) is 0 Å². The Balaban J connectivity index is 2.23. The number of ether oxygens (including phenoxy) is 1. The number of esters is 1. The zero-order valence-electron chi connectivity index (χ0n) is 11.1. The minimum atomic E-state index is -0.488. The van der Waals surface area contributed by atoms with Crippen LogP contribution in [0.2, 0.25) is 5.15 Å². The number of hydrogen-bond donors (Lipinski definition) is 2. The Morgan fingerprint density at radius 1 is 1.33 bits per heavy atom. The Morgan fingerprint density at radius 2 is 2.10 bits per heavy atom. The number of amides is 1. The second-order valence-electron chi connectivity index (χ2n) is 4.12. The lowest BCUT2D eigenvalue weighted by Gasteiger charge is -2.08. The molecule has 0 aliphatic heterocycles. The van der Waals surface area contributed by atoms with Crippen LogP contribution in [0.25, 0.3) is 0 Å². The van der Waals surface area contributed by atoms with E-state index in [4.69, 9.17) is 17.3 Å². The monoisotopic (exact) mass is 305 g/mol. The molecule has 0 radical (unpaired) electrons. The topological polar surface area (TPSA) is 94.3 Å². The van der Waals surface area contributed by atoms with E-state index in [9.17, 15) is 9.59 Å². The first-order valence-electron chi connectivity index (χ1n) is 5.92. The molecule has 0 unspecified atom stereocenters. The highest BCUT2D eigenvalue weighted by molar-refractivity contribution is 6.30. The molecule has 2 rings (SSSR count). The highest BCUT2D eigenvalue weighted by atomic mass is 35.5. The summed E-state index contributed by atoms with van der Waals surface area (Å²) in [6, 6.07) is 7.73. The summed E-state index contributed by atoms with van der Waals surface area (Å²) in [6.07, 6.45) is 1.31. The zero-order chi connectivity index (χ0) is 15.4. The van der Waals surface area contributed by atoms with Crippen LogP contribution >= 0.6 is 11.6 Å². The second kappa shape index (κ2) is 6.23. The molecule has 3 N–H and O–H groups in total. The first kappa shape index (κ1) is 14.8. The van der Waals surface area contributed by atoms with E-state index in [0.29, 0.717) is 11.3 Å². The fraction of sp³-hybridized carbons (Fsp3) is 0.0714. The SMILES string of the molecule is COC(=O)c1cccc(NC(=O)c2cc(Cl)ncc2N)c1. The molecule has 0 saturated heterocycles. The quantitative estimate of drug-likeness (QED) is 0.670. The molecule has 7 heteroatoms. The van der Waals surface area contributed by atoms with Gasteiger partial charge in [-0.05, 0) is 24.3 Å². The molecule has 2 aromatic rings. The van der Waals surface area contributed by atoms with Crippen LogP contribution in [0.3, 0.4) is 0 Å². The molecule has 1 aromatic carbocycles. The van der Waals surface area contributed by atoms with Gasteiger partial charge in [0.05, 0.1) is 30.1 Å². The van der Waals surface area contributed by atoms with Gasteiger partial charge in [-0.2, -0.15) is 0 Å². The number of anilines is 2. The molecule has 0 aliphatic carbocycles. The van der Waals surface area contributed by atoms with Crippen LogP contribution in [-0.4, -0.2) is 24.0 Å². The van der Waals surface area contributed by atoms with Gasteiger partial charge >= 0.3 is 5.97 Å². The average molecular weight is 306 g/mol. The summed E-state index contributed by atoms with van der Waals surface area (Å²) >= 11 is 5.74. The smallest absolute Gasteiger partial charge is 0.337 e. The number of pyridine rings is 1. The van der Waals surface area contributed by atoms with Crippen molar-refractivity contribution in [3.8, 4) is 0 Å². The lowest BCUT2D eigenvalue weighted by atomic mass is 10.2. The summed E-state index contributed by atoms with van der Waals surface area (Å²) in [6.45, 7) is 0. The number of nitrogens with zero attached hydrogens (tertiary/aromatic N) is 1. The van der Waals surface area contributed by atoms with Crippen LogP contribution in [0, 0.1) is 0 Å².